The lowest BCUT2D eigenvalue weighted by Gasteiger charge is -2.36. The van der Waals surface area contributed by atoms with Crippen molar-refractivity contribution in [2.45, 2.75) is 32.3 Å². The Morgan fingerprint density at radius 2 is 1.95 bits per heavy atom. The molecule has 122 valence electrons. The molecule has 5 nitrogen and oxygen atoms in total. The first-order valence-electron chi connectivity index (χ1n) is 7.78. The zero-order valence-electron chi connectivity index (χ0n) is 13.4. The third kappa shape index (κ3) is 4.21. The van der Waals surface area contributed by atoms with Crippen molar-refractivity contribution in [1.82, 2.24) is 5.32 Å². The highest BCUT2D eigenvalue weighted by Crippen LogP contribution is 2.29. The van der Waals surface area contributed by atoms with Crippen molar-refractivity contribution in [3.8, 4) is 5.75 Å². The van der Waals surface area contributed by atoms with Crippen molar-refractivity contribution in [3.05, 3.63) is 30.3 Å². The van der Waals surface area contributed by atoms with Crippen LogP contribution in [0.4, 0.5) is 0 Å². The maximum Gasteiger partial charge on any atom is 0.227 e. The lowest BCUT2D eigenvalue weighted by Crippen LogP contribution is -2.52. The van der Waals surface area contributed by atoms with E-state index < -0.39 is 11.0 Å². The normalized spacial score (nSPS) is 17.8. The van der Waals surface area contributed by atoms with Gasteiger partial charge in [0.15, 0.2) is 0 Å². The highest BCUT2D eigenvalue weighted by Gasteiger charge is 2.39. The minimum absolute atomic E-state index is 0.00281. The van der Waals surface area contributed by atoms with Gasteiger partial charge >= 0.3 is 0 Å². The standard InChI is InChI=1S/C17H26N2O3/c1-16(2,22-14-6-4-3-5-7-14)13-19-15(20)17(12-18)8-10-21-11-9-17/h3-7H,8-13,18H2,1-2H3,(H,19,20). The van der Waals surface area contributed by atoms with Gasteiger partial charge in [0.1, 0.15) is 11.4 Å². The fourth-order valence-corrected chi connectivity index (χ4v) is 2.61. The first-order valence-corrected chi connectivity index (χ1v) is 7.78. The van der Waals surface area contributed by atoms with E-state index >= 15 is 0 Å². The van der Waals surface area contributed by atoms with Crippen LogP contribution in [0.15, 0.2) is 30.3 Å². The van der Waals surface area contributed by atoms with E-state index in [1.165, 1.54) is 0 Å². The van der Waals surface area contributed by atoms with Crippen molar-refractivity contribution in [1.29, 1.82) is 0 Å². The van der Waals surface area contributed by atoms with Crippen LogP contribution in [0.1, 0.15) is 26.7 Å². The summed E-state index contributed by atoms with van der Waals surface area (Å²) in [6.45, 7) is 5.88. The van der Waals surface area contributed by atoms with Gasteiger partial charge in [-0.1, -0.05) is 18.2 Å². The number of ether oxygens (including phenoxy) is 2. The number of nitrogens with two attached hydrogens (primary N) is 1. The molecule has 2 rings (SSSR count). The summed E-state index contributed by atoms with van der Waals surface area (Å²) < 4.78 is 11.3. The number of amides is 1. The molecule has 5 heteroatoms. The van der Waals surface area contributed by atoms with Crippen molar-refractivity contribution in [2.75, 3.05) is 26.3 Å². The smallest absolute Gasteiger partial charge is 0.227 e. The fourth-order valence-electron chi connectivity index (χ4n) is 2.61. The molecule has 1 heterocycles. The fraction of sp³-hybridized carbons (Fsp3) is 0.588. The number of nitrogens with one attached hydrogen (secondary N) is 1. The molecule has 1 aromatic rings. The van der Waals surface area contributed by atoms with Crippen LogP contribution in [0, 0.1) is 5.41 Å². The van der Waals surface area contributed by atoms with Crippen LogP contribution in [0.25, 0.3) is 0 Å². The van der Waals surface area contributed by atoms with Gasteiger partial charge in [-0.25, -0.2) is 0 Å². The summed E-state index contributed by atoms with van der Waals surface area (Å²) in [6, 6.07) is 9.61. The zero-order valence-corrected chi connectivity index (χ0v) is 13.4. The molecule has 0 unspecified atom stereocenters. The third-order valence-electron chi connectivity index (χ3n) is 4.13. The van der Waals surface area contributed by atoms with E-state index in [4.69, 9.17) is 15.2 Å². The lowest BCUT2D eigenvalue weighted by atomic mass is 9.79. The number of benzene rings is 1. The summed E-state index contributed by atoms with van der Waals surface area (Å²) in [5.74, 6) is 0.796. The van der Waals surface area contributed by atoms with Gasteiger partial charge in [-0.05, 0) is 38.8 Å². The summed E-state index contributed by atoms with van der Waals surface area (Å²) in [4.78, 5) is 12.5. The Labute approximate surface area is 132 Å². The Hall–Kier alpha value is -1.59. The highest BCUT2D eigenvalue weighted by atomic mass is 16.5. The van der Waals surface area contributed by atoms with Crippen LogP contribution in [-0.4, -0.2) is 37.8 Å². The molecule has 1 aliphatic rings. The second-order valence-corrected chi connectivity index (χ2v) is 6.45. The summed E-state index contributed by atoms with van der Waals surface area (Å²) in [6.07, 6.45) is 1.35. The minimum atomic E-state index is -0.499. The molecule has 0 radical (unpaired) electrons. The molecule has 0 aliphatic carbocycles. The maximum atomic E-state index is 12.5. The van der Waals surface area contributed by atoms with E-state index in [0.29, 0.717) is 39.1 Å². The molecule has 0 aromatic heterocycles. The number of hydrogen-bond donors (Lipinski definition) is 2. The molecular weight excluding hydrogens is 280 g/mol. The summed E-state index contributed by atoms with van der Waals surface area (Å²) in [7, 11) is 0. The Morgan fingerprint density at radius 1 is 1.32 bits per heavy atom. The molecule has 1 aromatic carbocycles. The molecule has 1 aliphatic heterocycles. The zero-order chi connectivity index (χ0) is 16.1. The van der Waals surface area contributed by atoms with E-state index in [9.17, 15) is 4.79 Å². The Bertz CT molecular complexity index is 482. The van der Waals surface area contributed by atoms with E-state index in [0.717, 1.165) is 5.75 Å². The summed E-state index contributed by atoms with van der Waals surface area (Å²) in [5, 5.41) is 3.01. The number of rotatable bonds is 6. The van der Waals surface area contributed by atoms with Gasteiger partial charge in [0, 0.05) is 19.8 Å². The van der Waals surface area contributed by atoms with E-state index in [1.54, 1.807) is 0 Å². The van der Waals surface area contributed by atoms with E-state index in [2.05, 4.69) is 5.32 Å². The monoisotopic (exact) mass is 306 g/mol. The molecule has 1 saturated heterocycles. The molecule has 3 N–H and O–H groups in total. The predicted molar refractivity (Wildman–Crippen MR) is 85.7 cm³/mol. The summed E-state index contributed by atoms with van der Waals surface area (Å²) >= 11 is 0. The summed E-state index contributed by atoms with van der Waals surface area (Å²) in [5.41, 5.74) is 4.87. The second kappa shape index (κ2) is 7.11. The van der Waals surface area contributed by atoms with Gasteiger partial charge in [-0.2, -0.15) is 0 Å². The van der Waals surface area contributed by atoms with E-state index in [1.807, 2.05) is 44.2 Å². The minimum Gasteiger partial charge on any atom is -0.486 e. The largest absolute Gasteiger partial charge is 0.486 e. The van der Waals surface area contributed by atoms with Crippen LogP contribution in [0.5, 0.6) is 5.75 Å². The lowest BCUT2D eigenvalue weighted by molar-refractivity contribution is -0.136. The highest BCUT2D eigenvalue weighted by molar-refractivity contribution is 5.83. The number of hydrogen-bond acceptors (Lipinski definition) is 4. The van der Waals surface area contributed by atoms with Crippen LogP contribution in [-0.2, 0) is 9.53 Å². The first kappa shape index (κ1) is 16.8. The predicted octanol–water partition coefficient (Wildman–Crippen LogP) is 1.72. The van der Waals surface area contributed by atoms with Gasteiger partial charge in [-0.15, -0.1) is 0 Å². The van der Waals surface area contributed by atoms with Gasteiger partial charge in [0.25, 0.3) is 0 Å². The Kier molecular flexibility index (Phi) is 5.42. The molecule has 0 atom stereocenters. The number of para-hydroxylation sites is 1. The van der Waals surface area contributed by atoms with Crippen molar-refractivity contribution in [2.24, 2.45) is 11.1 Å². The van der Waals surface area contributed by atoms with Crippen molar-refractivity contribution >= 4 is 5.91 Å². The third-order valence-corrected chi connectivity index (χ3v) is 4.13. The van der Waals surface area contributed by atoms with Crippen molar-refractivity contribution in [3.63, 3.8) is 0 Å². The van der Waals surface area contributed by atoms with Gasteiger partial charge in [-0.3, -0.25) is 4.79 Å². The average molecular weight is 306 g/mol. The molecule has 1 amide bonds. The topological polar surface area (TPSA) is 73.6 Å². The molecule has 0 spiro atoms. The molecule has 0 bridgehead atoms. The molecule has 1 fully saturated rings. The SMILES string of the molecule is CC(C)(CNC(=O)C1(CN)CCOCC1)Oc1ccccc1. The van der Waals surface area contributed by atoms with Crippen LogP contribution in [0.3, 0.4) is 0 Å². The molecule has 22 heavy (non-hydrogen) atoms. The molecule has 0 saturated carbocycles. The maximum absolute atomic E-state index is 12.5. The Morgan fingerprint density at radius 3 is 2.55 bits per heavy atom. The van der Waals surface area contributed by atoms with Gasteiger partial charge in [0.2, 0.25) is 5.91 Å². The molecular formula is C17H26N2O3. The number of carbonyl (C=O) groups excluding carboxylic acids is 1. The van der Waals surface area contributed by atoms with Gasteiger partial charge < -0.3 is 20.5 Å². The van der Waals surface area contributed by atoms with Gasteiger partial charge in [0.05, 0.1) is 12.0 Å². The van der Waals surface area contributed by atoms with Crippen LogP contribution < -0.4 is 15.8 Å². The van der Waals surface area contributed by atoms with Crippen LogP contribution >= 0.6 is 0 Å². The van der Waals surface area contributed by atoms with Crippen molar-refractivity contribution < 1.29 is 14.3 Å². The Balaban J connectivity index is 1.91. The first-order chi connectivity index (χ1) is 10.5. The quantitative estimate of drug-likeness (QED) is 0.839. The number of carbonyl (C=O) groups is 1. The van der Waals surface area contributed by atoms with E-state index in [-0.39, 0.29) is 5.91 Å². The average Bonchev–Trinajstić information content (AvgIpc) is 2.54. The van der Waals surface area contributed by atoms with Crippen LogP contribution in [0.2, 0.25) is 0 Å². The second-order valence-electron chi connectivity index (χ2n) is 6.45.